The van der Waals surface area contributed by atoms with Crippen LogP contribution < -0.4 is 10.6 Å². The molecular weight excluding hydrogens is 254 g/mol. The van der Waals surface area contributed by atoms with E-state index in [1.807, 2.05) is 12.3 Å². The molecule has 3 rings (SSSR count). The minimum absolute atomic E-state index is 0.424. The Kier molecular flexibility index (Phi) is 3.69. The predicted octanol–water partition coefficient (Wildman–Crippen LogP) is 2.87. The van der Waals surface area contributed by atoms with Gasteiger partial charge in [-0.15, -0.1) is 0 Å². The van der Waals surface area contributed by atoms with Crippen LogP contribution in [0.15, 0.2) is 18.3 Å². The lowest BCUT2D eigenvalue weighted by atomic mass is 9.78. The number of pyridine rings is 1. The molecule has 4 heteroatoms. The molecule has 1 aliphatic carbocycles. The van der Waals surface area contributed by atoms with Crippen LogP contribution in [0.4, 0.5) is 5.82 Å². The second-order valence-electron chi connectivity index (χ2n) is 5.72. The summed E-state index contributed by atoms with van der Waals surface area (Å²) in [5.41, 5.74) is 6.48. The number of fused-ring (bicyclic) bond motifs is 1. The Morgan fingerprint density at radius 3 is 2.74 bits per heavy atom. The number of thiocarbonyl (C=S) groups is 1. The van der Waals surface area contributed by atoms with Gasteiger partial charge in [0.2, 0.25) is 0 Å². The molecule has 0 amide bonds. The lowest BCUT2D eigenvalue weighted by molar-refractivity contribution is 0.243. The number of anilines is 1. The summed E-state index contributed by atoms with van der Waals surface area (Å²) in [5.74, 6) is 1.97. The van der Waals surface area contributed by atoms with Crippen molar-refractivity contribution < 1.29 is 0 Å². The molecule has 2 heterocycles. The van der Waals surface area contributed by atoms with Crippen molar-refractivity contribution in [1.82, 2.24) is 4.98 Å². The first-order valence-electron chi connectivity index (χ1n) is 7.28. The van der Waals surface area contributed by atoms with E-state index in [2.05, 4.69) is 16.0 Å². The maximum atomic E-state index is 5.63. The van der Waals surface area contributed by atoms with E-state index in [1.165, 1.54) is 38.5 Å². The van der Waals surface area contributed by atoms with Gasteiger partial charge in [0.25, 0.3) is 0 Å². The van der Waals surface area contributed by atoms with Gasteiger partial charge in [-0.05, 0) is 43.7 Å². The first-order valence-corrected chi connectivity index (χ1v) is 7.69. The van der Waals surface area contributed by atoms with E-state index < -0.39 is 0 Å². The SMILES string of the molecule is NC(=S)c1ccc(N2CCCC3CCCCC32)nc1. The molecule has 0 aromatic carbocycles. The number of hydrogen-bond acceptors (Lipinski definition) is 3. The second-order valence-corrected chi connectivity index (χ2v) is 6.16. The summed E-state index contributed by atoms with van der Waals surface area (Å²) in [6.07, 6.45) is 9.98. The Hall–Kier alpha value is -1.16. The number of piperidine rings is 1. The number of nitrogens with two attached hydrogens (primary N) is 1. The highest BCUT2D eigenvalue weighted by molar-refractivity contribution is 7.80. The predicted molar refractivity (Wildman–Crippen MR) is 82.5 cm³/mol. The molecule has 2 aliphatic rings. The number of hydrogen-bond donors (Lipinski definition) is 1. The molecule has 1 aromatic rings. The van der Waals surface area contributed by atoms with E-state index in [0.29, 0.717) is 11.0 Å². The lowest BCUT2D eigenvalue weighted by Crippen LogP contribution is -2.47. The van der Waals surface area contributed by atoms with Gasteiger partial charge in [-0.3, -0.25) is 0 Å². The van der Waals surface area contributed by atoms with Crippen LogP contribution in [0.3, 0.4) is 0 Å². The van der Waals surface area contributed by atoms with Crippen LogP contribution in [-0.4, -0.2) is 22.6 Å². The van der Waals surface area contributed by atoms with E-state index in [1.54, 1.807) is 0 Å². The minimum atomic E-state index is 0.424. The van der Waals surface area contributed by atoms with Crippen LogP contribution in [0.5, 0.6) is 0 Å². The maximum absolute atomic E-state index is 5.63. The van der Waals surface area contributed by atoms with Crippen LogP contribution >= 0.6 is 12.2 Å². The molecular formula is C15H21N3S. The van der Waals surface area contributed by atoms with Gasteiger partial charge in [0, 0.05) is 24.3 Å². The van der Waals surface area contributed by atoms with Crippen LogP contribution in [0.1, 0.15) is 44.1 Å². The van der Waals surface area contributed by atoms with Crippen molar-refractivity contribution >= 4 is 23.0 Å². The van der Waals surface area contributed by atoms with Crippen LogP contribution in [-0.2, 0) is 0 Å². The Labute approximate surface area is 120 Å². The van der Waals surface area contributed by atoms with Gasteiger partial charge in [0.15, 0.2) is 0 Å². The fourth-order valence-electron chi connectivity index (χ4n) is 3.61. The molecule has 1 aliphatic heterocycles. The standard InChI is InChI=1S/C15H21N3S/c16-15(19)12-7-8-14(17-10-12)18-9-3-5-11-4-1-2-6-13(11)18/h7-8,10-11,13H,1-6,9H2,(H2,16,19). The topological polar surface area (TPSA) is 42.1 Å². The van der Waals surface area contributed by atoms with Crippen LogP contribution in [0.25, 0.3) is 0 Å². The molecule has 1 aromatic heterocycles. The molecule has 0 radical (unpaired) electrons. The van der Waals surface area contributed by atoms with Crippen molar-refractivity contribution in [1.29, 1.82) is 0 Å². The van der Waals surface area contributed by atoms with Crippen LogP contribution in [0.2, 0.25) is 0 Å². The van der Waals surface area contributed by atoms with E-state index in [4.69, 9.17) is 18.0 Å². The zero-order chi connectivity index (χ0) is 13.2. The first-order chi connectivity index (χ1) is 9.25. The fraction of sp³-hybridized carbons (Fsp3) is 0.600. The number of rotatable bonds is 2. The summed E-state index contributed by atoms with van der Waals surface area (Å²) >= 11 is 4.98. The van der Waals surface area contributed by atoms with Crippen molar-refractivity contribution in [2.45, 2.75) is 44.6 Å². The summed E-state index contributed by atoms with van der Waals surface area (Å²) in [5, 5.41) is 0. The van der Waals surface area contributed by atoms with Crippen molar-refractivity contribution in [3.8, 4) is 0 Å². The molecule has 0 bridgehead atoms. The molecule has 102 valence electrons. The van der Waals surface area contributed by atoms with Crippen LogP contribution in [0, 0.1) is 5.92 Å². The molecule has 2 N–H and O–H groups in total. The average molecular weight is 275 g/mol. The third-order valence-corrected chi connectivity index (χ3v) is 4.81. The Morgan fingerprint density at radius 2 is 2.00 bits per heavy atom. The summed E-state index contributed by atoms with van der Waals surface area (Å²) in [4.78, 5) is 7.51. The summed E-state index contributed by atoms with van der Waals surface area (Å²) < 4.78 is 0. The molecule has 1 saturated carbocycles. The van der Waals surface area contributed by atoms with Gasteiger partial charge in [-0.1, -0.05) is 25.1 Å². The maximum Gasteiger partial charge on any atom is 0.128 e. The van der Waals surface area contributed by atoms with E-state index in [-0.39, 0.29) is 0 Å². The third-order valence-electron chi connectivity index (χ3n) is 4.57. The van der Waals surface area contributed by atoms with Gasteiger partial charge in [0.05, 0.1) is 0 Å². The van der Waals surface area contributed by atoms with Gasteiger partial charge in [0.1, 0.15) is 10.8 Å². The third kappa shape index (κ3) is 2.59. The minimum Gasteiger partial charge on any atom is -0.389 e. The molecule has 3 nitrogen and oxygen atoms in total. The highest BCUT2D eigenvalue weighted by Gasteiger charge is 2.33. The van der Waals surface area contributed by atoms with Crippen molar-refractivity contribution in [3.63, 3.8) is 0 Å². The second kappa shape index (κ2) is 5.45. The van der Waals surface area contributed by atoms with Gasteiger partial charge in [-0.25, -0.2) is 4.98 Å². The monoisotopic (exact) mass is 275 g/mol. The lowest BCUT2D eigenvalue weighted by Gasteiger charge is -2.44. The molecule has 2 unspecified atom stereocenters. The molecule has 19 heavy (non-hydrogen) atoms. The van der Waals surface area contributed by atoms with E-state index >= 15 is 0 Å². The summed E-state index contributed by atoms with van der Waals surface area (Å²) in [7, 11) is 0. The smallest absolute Gasteiger partial charge is 0.128 e. The Morgan fingerprint density at radius 1 is 1.21 bits per heavy atom. The quantitative estimate of drug-likeness (QED) is 0.843. The zero-order valence-electron chi connectivity index (χ0n) is 11.2. The summed E-state index contributed by atoms with van der Waals surface area (Å²) in [6.45, 7) is 1.14. The molecule has 0 spiro atoms. The average Bonchev–Trinajstić information content (AvgIpc) is 2.47. The van der Waals surface area contributed by atoms with E-state index in [0.717, 1.165) is 23.8 Å². The van der Waals surface area contributed by atoms with Crippen molar-refractivity contribution in [2.75, 3.05) is 11.4 Å². The highest BCUT2D eigenvalue weighted by Crippen LogP contribution is 2.37. The van der Waals surface area contributed by atoms with Gasteiger partial charge < -0.3 is 10.6 Å². The molecule has 1 saturated heterocycles. The zero-order valence-corrected chi connectivity index (χ0v) is 12.0. The largest absolute Gasteiger partial charge is 0.389 e. The molecule has 2 fully saturated rings. The summed E-state index contributed by atoms with van der Waals surface area (Å²) in [6, 6.07) is 4.77. The normalized spacial score (nSPS) is 26.8. The molecule has 2 atom stereocenters. The van der Waals surface area contributed by atoms with Crippen molar-refractivity contribution in [3.05, 3.63) is 23.9 Å². The Balaban J connectivity index is 1.81. The van der Waals surface area contributed by atoms with E-state index in [9.17, 15) is 0 Å². The fourth-order valence-corrected chi connectivity index (χ4v) is 3.73. The van der Waals surface area contributed by atoms with Gasteiger partial charge >= 0.3 is 0 Å². The Bertz CT molecular complexity index is 455. The van der Waals surface area contributed by atoms with Gasteiger partial charge in [-0.2, -0.15) is 0 Å². The number of aromatic nitrogens is 1. The first kappa shape index (κ1) is 12.9. The number of nitrogens with zero attached hydrogens (tertiary/aromatic N) is 2. The highest BCUT2D eigenvalue weighted by atomic mass is 32.1. The van der Waals surface area contributed by atoms with Crippen molar-refractivity contribution in [2.24, 2.45) is 11.7 Å².